The third kappa shape index (κ3) is 1.56. The lowest BCUT2D eigenvalue weighted by molar-refractivity contribution is 0.184. The van der Waals surface area contributed by atoms with Gasteiger partial charge in [-0.2, -0.15) is 0 Å². The van der Waals surface area contributed by atoms with Gasteiger partial charge in [-0.25, -0.2) is 14.2 Å². The molecule has 16 heavy (non-hydrogen) atoms. The molecule has 1 saturated heterocycles. The van der Waals surface area contributed by atoms with Crippen molar-refractivity contribution in [1.29, 1.82) is 0 Å². The fraction of sp³-hybridized carbons (Fsp3) is 0.667. The van der Waals surface area contributed by atoms with E-state index in [9.17, 15) is 9.59 Å². The molecule has 0 saturated carbocycles. The number of hydrogen-bond acceptors (Lipinski definition) is 4. The molecule has 1 aliphatic heterocycles. The van der Waals surface area contributed by atoms with Crippen LogP contribution in [0.1, 0.15) is 12.5 Å². The van der Waals surface area contributed by atoms with Gasteiger partial charge in [0.15, 0.2) is 4.77 Å². The van der Waals surface area contributed by atoms with Crippen molar-refractivity contribution in [3.05, 3.63) is 25.7 Å². The summed E-state index contributed by atoms with van der Waals surface area (Å²) in [6.45, 7) is 1.10. The highest BCUT2D eigenvalue weighted by Gasteiger charge is 2.21. The lowest BCUT2D eigenvalue weighted by Crippen LogP contribution is -2.45. The predicted molar refractivity (Wildman–Crippen MR) is 60.2 cm³/mol. The molecule has 0 amide bonds. The molecule has 2 rings (SSSR count). The van der Waals surface area contributed by atoms with Crippen LogP contribution in [-0.4, -0.2) is 26.9 Å². The highest BCUT2D eigenvalue weighted by molar-refractivity contribution is 7.71. The van der Waals surface area contributed by atoms with Crippen molar-refractivity contribution < 1.29 is 4.74 Å². The summed E-state index contributed by atoms with van der Waals surface area (Å²) in [7, 11) is 3.02. The summed E-state index contributed by atoms with van der Waals surface area (Å²) < 4.78 is 9.31. The molecule has 1 aromatic rings. The fourth-order valence-electron chi connectivity index (χ4n) is 1.83. The third-order valence-electron chi connectivity index (χ3n) is 2.83. The number of aromatic nitrogens is 3. The van der Waals surface area contributed by atoms with Crippen molar-refractivity contribution in [1.82, 2.24) is 13.7 Å². The second-order valence-corrected chi connectivity index (χ2v) is 4.22. The number of rotatable bonds is 1. The lowest BCUT2D eigenvalue weighted by atomic mass is 10.3. The van der Waals surface area contributed by atoms with Crippen LogP contribution in [0.5, 0.6) is 0 Å². The van der Waals surface area contributed by atoms with Crippen molar-refractivity contribution in [3.63, 3.8) is 0 Å². The Kier molecular flexibility index (Phi) is 2.81. The van der Waals surface area contributed by atoms with E-state index in [-0.39, 0.29) is 16.5 Å². The van der Waals surface area contributed by atoms with Crippen LogP contribution in [0.2, 0.25) is 0 Å². The van der Waals surface area contributed by atoms with Gasteiger partial charge in [-0.15, -0.1) is 0 Å². The first kappa shape index (κ1) is 11.3. The van der Waals surface area contributed by atoms with Crippen molar-refractivity contribution >= 4 is 12.2 Å². The highest BCUT2D eigenvalue weighted by Crippen LogP contribution is 2.16. The van der Waals surface area contributed by atoms with Crippen LogP contribution in [0, 0.1) is 4.77 Å². The van der Waals surface area contributed by atoms with Crippen LogP contribution in [0.3, 0.4) is 0 Å². The van der Waals surface area contributed by atoms with Crippen molar-refractivity contribution in [2.45, 2.75) is 12.5 Å². The van der Waals surface area contributed by atoms with E-state index in [2.05, 4.69) is 0 Å². The average Bonchev–Trinajstić information content (AvgIpc) is 2.77. The smallest absolute Gasteiger partial charge is 0.334 e. The Balaban J connectivity index is 2.75. The van der Waals surface area contributed by atoms with Gasteiger partial charge in [0.1, 0.15) is 0 Å². The summed E-state index contributed by atoms with van der Waals surface area (Å²) in [4.78, 5) is 23.5. The summed E-state index contributed by atoms with van der Waals surface area (Å²) in [5.74, 6) is 0. The van der Waals surface area contributed by atoms with Crippen LogP contribution >= 0.6 is 12.2 Å². The summed E-state index contributed by atoms with van der Waals surface area (Å²) in [6.07, 6.45) is 0.752. The monoisotopic (exact) mass is 243 g/mol. The molecular formula is C9H13N3O3S. The second kappa shape index (κ2) is 3.99. The molecule has 0 radical (unpaired) electrons. The first-order chi connectivity index (χ1) is 7.54. The molecule has 7 heteroatoms. The topological polar surface area (TPSA) is 58.2 Å². The van der Waals surface area contributed by atoms with E-state index < -0.39 is 5.69 Å². The minimum absolute atomic E-state index is 0.0574. The van der Waals surface area contributed by atoms with E-state index in [0.29, 0.717) is 13.2 Å². The maximum Gasteiger partial charge on any atom is 0.334 e. The van der Waals surface area contributed by atoms with Crippen LogP contribution in [0.15, 0.2) is 9.59 Å². The molecule has 0 aromatic carbocycles. The van der Waals surface area contributed by atoms with Crippen LogP contribution in [-0.2, 0) is 18.8 Å². The van der Waals surface area contributed by atoms with Gasteiger partial charge in [0.05, 0.1) is 12.6 Å². The molecule has 0 aliphatic carbocycles. The van der Waals surface area contributed by atoms with Gasteiger partial charge in [-0.3, -0.25) is 9.13 Å². The molecule has 2 heterocycles. The van der Waals surface area contributed by atoms with Crippen LogP contribution < -0.4 is 11.4 Å². The predicted octanol–water partition coefficient (Wildman–Crippen LogP) is -0.424. The number of nitrogens with zero attached hydrogens (tertiary/aromatic N) is 3. The Morgan fingerprint density at radius 1 is 1.25 bits per heavy atom. The van der Waals surface area contributed by atoms with Crippen LogP contribution in [0.25, 0.3) is 0 Å². The molecule has 6 nitrogen and oxygen atoms in total. The zero-order valence-corrected chi connectivity index (χ0v) is 9.99. The van der Waals surface area contributed by atoms with Crippen LogP contribution in [0.4, 0.5) is 0 Å². The van der Waals surface area contributed by atoms with E-state index in [1.54, 1.807) is 7.05 Å². The molecule has 0 bridgehead atoms. The summed E-state index contributed by atoms with van der Waals surface area (Å²) in [5, 5.41) is 0. The normalized spacial score (nSPS) is 20.2. The second-order valence-electron chi connectivity index (χ2n) is 3.85. The third-order valence-corrected chi connectivity index (χ3v) is 3.30. The largest absolute Gasteiger partial charge is 0.379 e. The minimum Gasteiger partial charge on any atom is -0.379 e. The van der Waals surface area contributed by atoms with E-state index >= 15 is 0 Å². The molecule has 1 aromatic heterocycles. The molecule has 1 aliphatic rings. The lowest BCUT2D eigenvalue weighted by Gasteiger charge is -2.15. The van der Waals surface area contributed by atoms with Gasteiger partial charge < -0.3 is 4.74 Å². The van der Waals surface area contributed by atoms with E-state index in [0.717, 1.165) is 11.0 Å². The Morgan fingerprint density at radius 2 is 1.94 bits per heavy atom. The van der Waals surface area contributed by atoms with E-state index in [4.69, 9.17) is 17.0 Å². The van der Waals surface area contributed by atoms with Gasteiger partial charge in [0.25, 0.3) is 0 Å². The Labute approximate surface area is 96.7 Å². The molecular weight excluding hydrogens is 230 g/mol. The van der Waals surface area contributed by atoms with Crippen molar-refractivity contribution in [3.8, 4) is 0 Å². The Hall–Kier alpha value is -1.21. The maximum atomic E-state index is 11.9. The van der Waals surface area contributed by atoms with Gasteiger partial charge in [-0.05, 0) is 18.6 Å². The van der Waals surface area contributed by atoms with Crippen molar-refractivity contribution in [2.24, 2.45) is 14.1 Å². The average molecular weight is 243 g/mol. The van der Waals surface area contributed by atoms with Crippen molar-refractivity contribution in [2.75, 3.05) is 13.2 Å². The first-order valence-corrected chi connectivity index (χ1v) is 5.41. The molecule has 1 unspecified atom stereocenters. The summed E-state index contributed by atoms with van der Waals surface area (Å²) in [5.41, 5.74) is -0.770. The van der Waals surface area contributed by atoms with E-state index in [1.165, 1.54) is 16.2 Å². The van der Waals surface area contributed by atoms with Gasteiger partial charge in [-0.1, -0.05) is 0 Å². The summed E-state index contributed by atoms with van der Waals surface area (Å²) >= 11 is 5.12. The molecule has 1 fully saturated rings. The Bertz CT molecular complexity index is 537. The van der Waals surface area contributed by atoms with Gasteiger partial charge in [0, 0.05) is 20.7 Å². The number of ether oxygens (including phenoxy) is 1. The van der Waals surface area contributed by atoms with E-state index in [1.807, 2.05) is 0 Å². The zero-order valence-electron chi connectivity index (χ0n) is 9.17. The summed E-state index contributed by atoms with van der Waals surface area (Å²) in [6, 6.07) is -0.0574. The quantitative estimate of drug-likeness (QED) is 0.628. The fourth-order valence-corrected chi connectivity index (χ4v) is 2.14. The Morgan fingerprint density at radius 3 is 2.50 bits per heavy atom. The standard InChI is InChI=1S/C9H13N3O3S/c1-10-7(13)11(2)9(16)12(8(10)14)6-3-4-15-5-6/h6H,3-5H2,1-2H3. The minimum atomic E-state index is -0.398. The molecule has 0 N–H and O–H groups in total. The van der Waals surface area contributed by atoms with Gasteiger partial charge >= 0.3 is 11.4 Å². The highest BCUT2D eigenvalue weighted by atomic mass is 32.1. The molecule has 1 atom stereocenters. The zero-order chi connectivity index (χ0) is 11.9. The SMILES string of the molecule is Cn1c(=O)n(C)c(=S)n(C2CCOC2)c1=O. The first-order valence-electron chi connectivity index (χ1n) is 5.00. The number of hydrogen-bond donors (Lipinski definition) is 0. The van der Waals surface area contributed by atoms with Gasteiger partial charge in [0.2, 0.25) is 0 Å². The molecule has 88 valence electrons. The maximum absolute atomic E-state index is 11.9. The molecule has 0 spiro atoms.